The maximum absolute atomic E-state index is 12.4. The number of ether oxygens (including phenoxy) is 1. The van der Waals surface area contributed by atoms with Crippen molar-refractivity contribution in [1.29, 1.82) is 0 Å². The Morgan fingerprint density at radius 3 is 2.83 bits per heavy atom. The molecule has 0 aliphatic heterocycles. The zero-order chi connectivity index (χ0) is 16.5. The fourth-order valence-electron chi connectivity index (χ4n) is 2.81. The van der Waals surface area contributed by atoms with Gasteiger partial charge in [-0.15, -0.1) is 0 Å². The third-order valence-electron chi connectivity index (χ3n) is 4.15. The van der Waals surface area contributed by atoms with Gasteiger partial charge in [0, 0.05) is 12.0 Å². The highest BCUT2D eigenvalue weighted by Gasteiger charge is 2.27. The third kappa shape index (κ3) is 5.67. The molecule has 3 N–H and O–H groups in total. The average molecular weight is 323 g/mol. The summed E-state index contributed by atoms with van der Waals surface area (Å²) in [5.41, 5.74) is 5.50. The summed E-state index contributed by atoms with van der Waals surface area (Å²) in [6, 6.07) is 1.01. The van der Waals surface area contributed by atoms with Crippen LogP contribution in [-0.2, 0) is 9.59 Å². The highest BCUT2D eigenvalue weighted by Crippen LogP contribution is 2.25. The first-order valence-corrected chi connectivity index (χ1v) is 8.27. The van der Waals surface area contributed by atoms with Crippen molar-refractivity contribution in [2.24, 2.45) is 11.7 Å². The van der Waals surface area contributed by atoms with E-state index in [0.717, 1.165) is 38.5 Å². The van der Waals surface area contributed by atoms with Gasteiger partial charge in [-0.2, -0.15) is 0 Å². The van der Waals surface area contributed by atoms with E-state index in [0.29, 0.717) is 13.0 Å². The highest BCUT2D eigenvalue weighted by molar-refractivity contribution is 5.90. The van der Waals surface area contributed by atoms with Crippen LogP contribution < -0.4 is 15.8 Å². The first-order valence-electron chi connectivity index (χ1n) is 8.27. The number of unbranched alkanes of at least 4 members (excludes halogenated alkanes) is 1. The predicted octanol–water partition coefficient (Wildman–Crippen LogP) is 1.43. The number of hydrogen-bond acceptors (Lipinski definition) is 6. The fraction of sp³-hybridized carbons (Fsp3) is 0.688. The standard InChI is InChI=1S/C16H25N3O4/c17-9-4-3-7-13(18-16(21)12-5-1-2-6-12)14(20)11-22-15-8-10-23-19-15/h8,10,12-13H,1-7,9,11,17H2,(H,18,21)/t13-/m0/s1. The molecule has 0 bridgehead atoms. The molecule has 1 aromatic rings. The Morgan fingerprint density at radius 1 is 1.39 bits per heavy atom. The molecular formula is C16H25N3O4. The molecule has 0 spiro atoms. The number of nitrogens with zero attached hydrogens (tertiary/aromatic N) is 1. The summed E-state index contributed by atoms with van der Waals surface area (Å²) < 4.78 is 9.92. The number of nitrogens with one attached hydrogen (secondary N) is 1. The second kappa shape index (κ2) is 9.29. The number of carbonyl (C=O) groups is 2. The molecule has 1 fully saturated rings. The maximum Gasteiger partial charge on any atom is 0.254 e. The Bertz CT molecular complexity index is 484. The smallest absolute Gasteiger partial charge is 0.254 e. The number of carbonyl (C=O) groups excluding carboxylic acids is 2. The Morgan fingerprint density at radius 2 is 2.17 bits per heavy atom. The summed E-state index contributed by atoms with van der Waals surface area (Å²) in [5, 5.41) is 6.49. The monoisotopic (exact) mass is 323 g/mol. The summed E-state index contributed by atoms with van der Waals surface area (Å²) >= 11 is 0. The number of ketones is 1. The first kappa shape index (κ1) is 17.5. The second-order valence-electron chi connectivity index (χ2n) is 5.92. The normalized spacial score (nSPS) is 16.2. The molecule has 1 heterocycles. The van der Waals surface area contributed by atoms with E-state index in [1.807, 2.05) is 0 Å². The second-order valence-corrected chi connectivity index (χ2v) is 5.92. The van der Waals surface area contributed by atoms with Gasteiger partial charge < -0.3 is 20.3 Å². The molecule has 1 aliphatic carbocycles. The van der Waals surface area contributed by atoms with Crippen molar-refractivity contribution in [1.82, 2.24) is 10.5 Å². The van der Waals surface area contributed by atoms with E-state index in [1.165, 1.54) is 12.3 Å². The average Bonchev–Trinajstić information content (AvgIpc) is 3.24. The number of aromatic nitrogens is 1. The van der Waals surface area contributed by atoms with E-state index in [2.05, 4.69) is 15.0 Å². The molecule has 128 valence electrons. The van der Waals surface area contributed by atoms with Gasteiger partial charge in [0.25, 0.3) is 5.88 Å². The summed E-state index contributed by atoms with van der Waals surface area (Å²) in [5.74, 6) is 0.129. The van der Waals surface area contributed by atoms with E-state index in [-0.39, 0.29) is 30.1 Å². The van der Waals surface area contributed by atoms with Crippen LogP contribution in [0.2, 0.25) is 0 Å². The van der Waals surface area contributed by atoms with Crippen LogP contribution >= 0.6 is 0 Å². The molecule has 7 heteroatoms. The zero-order valence-electron chi connectivity index (χ0n) is 13.3. The van der Waals surface area contributed by atoms with Crippen molar-refractivity contribution < 1.29 is 18.8 Å². The SMILES string of the molecule is NCCCC[C@H](NC(=O)C1CCCC1)C(=O)COc1ccon1. The van der Waals surface area contributed by atoms with Gasteiger partial charge in [0.2, 0.25) is 5.91 Å². The van der Waals surface area contributed by atoms with Crippen molar-refractivity contribution in [3.05, 3.63) is 12.3 Å². The molecule has 1 aliphatic rings. The molecule has 1 saturated carbocycles. The summed E-state index contributed by atoms with van der Waals surface area (Å²) in [6.45, 7) is 0.442. The van der Waals surface area contributed by atoms with Crippen molar-refractivity contribution in [2.45, 2.75) is 51.0 Å². The van der Waals surface area contributed by atoms with Crippen LogP contribution in [0.3, 0.4) is 0 Å². The van der Waals surface area contributed by atoms with Crippen LogP contribution in [0.5, 0.6) is 5.88 Å². The molecule has 1 amide bonds. The van der Waals surface area contributed by atoms with Gasteiger partial charge >= 0.3 is 0 Å². The number of nitrogens with two attached hydrogens (primary N) is 1. The molecule has 1 atom stereocenters. The van der Waals surface area contributed by atoms with E-state index in [1.54, 1.807) is 0 Å². The third-order valence-corrected chi connectivity index (χ3v) is 4.15. The first-order chi connectivity index (χ1) is 11.2. The maximum atomic E-state index is 12.4. The van der Waals surface area contributed by atoms with Gasteiger partial charge in [0.1, 0.15) is 6.26 Å². The molecule has 0 unspecified atom stereocenters. The lowest BCUT2D eigenvalue weighted by molar-refractivity contribution is -0.131. The molecule has 7 nitrogen and oxygen atoms in total. The molecule has 23 heavy (non-hydrogen) atoms. The van der Waals surface area contributed by atoms with Gasteiger partial charge in [-0.3, -0.25) is 9.59 Å². The zero-order valence-corrected chi connectivity index (χ0v) is 13.3. The number of Topliss-reactive ketones (excluding diaryl/α,β-unsaturated/α-hetero) is 1. The van der Waals surface area contributed by atoms with Crippen LogP contribution in [0.1, 0.15) is 44.9 Å². The van der Waals surface area contributed by atoms with Crippen molar-refractivity contribution in [3.63, 3.8) is 0 Å². The highest BCUT2D eigenvalue weighted by atomic mass is 16.5. The lowest BCUT2D eigenvalue weighted by Gasteiger charge is -2.19. The van der Waals surface area contributed by atoms with Gasteiger partial charge in [0.05, 0.1) is 6.04 Å². The molecule has 0 radical (unpaired) electrons. The fourth-order valence-corrected chi connectivity index (χ4v) is 2.81. The molecule has 1 aromatic heterocycles. The largest absolute Gasteiger partial charge is 0.467 e. The molecule has 2 rings (SSSR count). The molecular weight excluding hydrogens is 298 g/mol. The Hall–Kier alpha value is -1.89. The van der Waals surface area contributed by atoms with E-state index < -0.39 is 6.04 Å². The topological polar surface area (TPSA) is 107 Å². The predicted molar refractivity (Wildman–Crippen MR) is 83.8 cm³/mol. The van der Waals surface area contributed by atoms with E-state index in [4.69, 9.17) is 10.5 Å². The van der Waals surface area contributed by atoms with Gasteiger partial charge in [-0.1, -0.05) is 12.8 Å². The van der Waals surface area contributed by atoms with Crippen LogP contribution in [0.25, 0.3) is 0 Å². The minimum Gasteiger partial charge on any atom is -0.467 e. The number of hydrogen-bond donors (Lipinski definition) is 2. The minimum absolute atomic E-state index is 0.0185. The van der Waals surface area contributed by atoms with Crippen molar-refractivity contribution in [2.75, 3.05) is 13.2 Å². The van der Waals surface area contributed by atoms with Crippen LogP contribution in [-0.4, -0.2) is 36.0 Å². The number of rotatable bonds is 10. The van der Waals surface area contributed by atoms with Gasteiger partial charge in [0.15, 0.2) is 12.4 Å². The van der Waals surface area contributed by atoms with E-state index in [9.17, 15) is 9.59 Å². The Kier molecular flexibility index (Phi) is 7.06. The van der Waals surface area contributed by atoms with Crippen LogP contribution in [0.4, 0.5) is 0 Å². The van der Waals surface area contributed by atoms with Crippen LogP contribution in [0.15, 0.2) is 16.9 Å². The van der Waals surface area contributed by atoms with E-state index >= 15 is 0 Å². The number of amides is 1. The van der Waals surface area contributed by atoms with Gasteiger partial charge in [-0.25, -0.2) is 0 Å². The molecule has 0 saturated heterocycles. The summed E-state index contributed by atoms with van der Waals surface area (Å²) in [7, 11) is 0. The summed E-state index contributed by atoms with van der Waals surface area (Å²) in [6.07, 6.45) is 7.56. The van der Waals surface area contributed by atoms with Crippen molar-refractivity contribution >= 4 is 11.7 Å². The molecule has 0 aromatic carbocycles. The van der Waals surface area contributed by atoms with Gasteiger partial charge in [-0.05, 0) is 43.8 Å². The van der Waals surface area contributed by atoms with Crippen LogP contribution in [0, 0.1) is 5.92 Å². The lowest BCUT2D eigenvalue weighted by Crippen LogP contribution is -2.45. The summed E-state index contributed by atoms with van der Waals surface area (Å²) in [4.78, 5) is 24.6. The van der Waals surface area contributed by atoms with Crippen molar-refractivity contribution in [3.8, 4) is 5.88 Å². The minimum atomic E-state index is -0.526. The Balaban J connectivity index is 1.86. The Labute approximate surface area is 135 Å². The quantitative estimate of drug-likeness (QED) is 0.631. The lowest BCUT2D eigenvalue weighted by atomic mass is 10.0.